The molecule has 102 valence electrons. The van der Waals surface area contributed by atoms with E-state index in [0.717, 1.165) is 12.6 Å². The van der Waals surface area contributed by atoms with Gasteiger partial charge in [0.15, 0.2) is 0 Å². The molecule has 1 N–H and O–H groups in total. The molecule has 1 aliphatic rings. The van der Waals surface area contributed by atoms with Gasteiger partial charge in [-0.1, -0.05) is 19.4 Å². The van der Waals surface area contributed by atoms with Crippen molar-refractivity contribution in [2.75, 3.05) is 20.1 Å². The lowest BCUT2D eigenvalue weighted by Gasteiger charge is -2.32. The standard InChI is InChI=1S/C15H26N2S/c1-3-14(15-8-6-12-18-15)16-10-9-13-7-4-5-11-17(13)2/h6,8,12-14,16H,3-5,7,9-11H2,1-2H3. The Hall–Kier alpha value is -0.380. The normalized spacial score (nSPS) is 23.1. The minimum atomic E-state index is 0.555. The largest absolute Gasteiger partial charge is 0.309 e. The van der Waals surface area contributed by atoms with Crippen LogP contribution >= 0.6 is 11.3 Å². The van der Waals surface area contributed by atoms with Crippen molar-refractivity contribution in [3.8, 4) is 0 Å². The van der Waals surface area contributed by atoms with Crippen molar-refractivity contribution in [3.05, 3.63) is 22.4 Å². The van der Waals surface area contributed by atoms with E-state index in [0.29, 0.717) is 6.04 Å². The third-order valence-corrected chi connectivity index (χ3v) is 5.07. The highest BCUT2D eigenvalue weighted by Crippen LogP contribution is 2.22. The third kappa shape index (κ3) is 3.81. The number of hydrogen-bond acceptors (Lipinski definition) is 3. The van der Waals surface area contributed by atoms with Gasteiger partial charge in [-0.05, 0) is 57.3 Å². The summed E-state index contributed by atoms with van der Waals surface area (Å²) in [6.45, 7) is 4.70. The van der Waals surface area contributed by atoms with E-state index in [2.05, 4.69) is 41.7 Å². The zero-order chi connectivity index (χ0) is 12.8. The Labute approximate surface area is 115 Å². The highest BCUT2D eigenvalue weighted by molar-refractivity contribution is 7.10. The third-order valence-electron chi connectivity index (χ3n) is 4.08. The van der Waals surface area contributed by atoms with Crippen LogP contribution in [0.2, 0.25) is 0 Å². The van der Waals surface area contributed by atoms with Crippen LogP contribution in [-0.4, -0.2) is 31.1 Å². The van der Waals surface area contributed by atoms with E-state index in [4.69, 9.17) is 0 Å². The van der Waals surface area contributed by atoms with Crippen LogP contribution in [0.25, 0.3) is 0 Å². The Morgan fingerprint density at radius 3 is 3.06 bits per heavy atom. The molecule has 0 saturated carbocycles. The SMILES string of the molecule is CCC(NCCC1CCCCN1C)c1cccs1. The monoisotopic (exact) mass is 266 g/mol. The Morgan fingerprint density at radius 1 is 1.50 bits per heavy atom. The van der Waals surface area contributed by atoms with Gasteiger partial charge in [-0.25, -0.2) is 0 Å². The minimum Gasteiger partial charge on any atom is -0.309 e. The van der Waals surface area contributed by atoms with E-state index in [1.807, 2.05) is 11.3 Å². The summed E-state index contributed by atoms with van der Waals surface area (Å²) in [6.07, 6.45) is 6.65. The van der Waals surface area contributed by atoms with Crippen molar-refractivity contribution in [2.45, 2.75) is 51.1 Å². The molecular formula is C15H26N2S. The lowest BCUT2D eigenvalue weighted by Crippen LogP contribution is -2.38. The molecule has 2 unspecified atom stereocenters. The number of likely N-dealkylation sites (tertiary alicyclic amines) is 1. The van der Waals surface area contributed by atoms with Crippen molar-refractivity contribution in [3.63, 3.8) is 0 Å². The first-order valence-corrected chi connectivity index (χ1v) is 8.16. The van der Waals surface area contributed by atoms with Crippen LogP contribution in [0.1, 0.15) is 49.9 Å². The molecule has 1 saturated heterocycles. The van der Waals surface area contributed by atoms with Gasteiger partial charge in [-0.3, -0.25) is 0 Å². The molecule has 2 rings (SSSR count). The maximum absolute atomic E-state index is 3.72. The van der Waals surface area contributed by atoms with Crippen molar-refractivity contribution in [1.82, 2.24) is 10.2 Å². The predicted octanol–water partition coefficient (Wildman–Crippen LogP) is 3.66. The second kappa shape index (κ2) is 7.27. The molecule has 2 nitrogen and oxygen atoms in total. The van der Waals surface area contributed by atoms with Gasteiger partial charge in [-0.2, -0.15) is 0 Å². The highest BCUT2D eigenvalue weighted by Gasteiger charge is 2.18. The first-order valence-electron chi connectivity index (χ1n) is 7.28. The maximum atomic E-state index is 3.72. The van der Waals surface area contributed by atoms with Crippen LogP contribution in [0, 0.1) is 0 Å². The van der Waals surface area contributed by atoms with Gasteiger partial charge in [0.05, 0.1) is 0 Å². The van der Waals surface area contributed by atoms with E-state index in [1.54, 1.807) is 0 Å². The highest BCUT2D eigenvalue weighted by atomic mass is 32.1. The van der Waals surface area contributed by atoms with E-state index in [-0.39, 0.29) is 0 Å². The fourth-order valence-electron chi connectivity index (χ4n) is 2.87. The van der Waals surface area contributed by atoms with Crippen LogP contribution in [0.5, 0.6) is 0 Å². The van der Waals surface area contributed by atoms with Crippen molar-refractivity contribution < 1.29 is 0 Å². The minimum absolute atomic E-state index is 0.555. The molecule has 0 aromatic carbocycles. The topological polar surface area (TPSA) is 15.3 Å². The molecule has 0 bridgehead atoms. The first kappa shape index (κ1) is 14.0. The van der Waals surface area contributed by atoms with Crippen LogP contribution < -0.4 is 5.32 Å². The van der Waals surface area contributed by atoms with Gasteiger partial charge in [-0.15, -0.1) is 11.3 Å². The summed E-state index contributed by atoms with van der Waals surface area (Å²) in [6, 6.07) is 5.75. The fraction of sp³-hybridized carbons (Fsp3) is 0.733. The molecular weight excluding hydrogens is 240 g/mol. The average molecular weight is 266 g/mol. The summed E-state index contributed by atoms with van der Waals surface area (Å²) in [5.41, 5.74) is 0. The number of nitrogens with one attached hydrogen (secondary N) is 1. The molecule has 1 aliphatic heterocycles. The van der Waals surface area contributed by atoms with Gasteiger partial charge >= 0.3 is 0 Å². The van der Waals surface area contributed by atoms with Gasteiger partial charge in [0.2, 0.25) is 0 Å². The number of rotatable bonds is 6. The van der Waals surface area contributed by atoms with Crippen molar-refractivity contribution >= 4 is 11.3 Å². The second-order valence-electron chi connectivity index (χ2n) is 5.35. The van der Waals surface area contributed by atoms with E-state index in [9.17, 15) is 0 Å². The zero-order valence-electron chi connectivity index (χ0n) is 11.7. The summed E-state index contributed by atoms with van der Waals surface area (Å²) < 4.78 is 0. The van der Waals surface area contributed by atoms with Gasteiger partial charge in [0.25, 0.3) is 0 Å². The molecule has 1 fully saturated rings. The summed E-state index contributed by atoms with van der Waals surface area (Å²) in [5, 5.41) is 5.90. The molecule has 0 amide bonds. The zero-order valence-corrected chi connectivity index (χ0v) is 12.5. The second-order valence-corrected chi connectivity index (χ2v) is 6.33. The summed E-state index contributed by atoms with van der Waals surface area (Å²) in [5.74, 6) is 0. The molecule has 18 heavy (non-hydrogen) atoms. The molecule has 0 aliphatic carbocycles. The number of thiophene rings is 1. The van der Waals surface area contributed by atoms with Crippen molar-refractivity contribution in [2.24, 2.45) is 0 Å². The number of piperidine rings is 1. The first-order chi connectivity index (χ1) is 8.81. The molecule has 2 heterocycles. The molecule has 1 aromatic rings. The molecule has 3 heteroatoms. The molecule has 0 spiro atoms. The Kier molecular flexibility index (Phi) is 5.67. The Morgan fingerprint density at radius 2 is 2.39 bits per heavy atom. The van der Waals surface area contributed by atoms with Crippen LogP contribution in [0.15, 0.2) is 17.5 Å². The maximum Gasteiger partial charge on any atom is 0.0412 e. The quantitative estimate of drug-likeness (QED) is 0.845. The average Bonchev–Trinajstić information content (AvgIpc) is 2.90. The Bertz CT molecular complexity index is 323. The van der Waals surface area contributed by atoms with E-state index in [1.165, 1.54) is 43.5 Å². The number of hydrogen-bond donors (Lipinski definition) is 1. The van der Waals surface area contributed by atoms with Gasteiger partial charge in [0, 0.05) is 17.0 Å². The van der Waals surface area contributed by atoms with E-state index < -0.39 is 0 Å². The lowest BCUT2D eigenvalue weighted by molar-refractivity contribution is 0.174. The smallest absolute Gasteiger partial charge is 0.0412 e. The van der Waals surface area contributed by atoms with Crippen LogP contribution in [-0.2, 0) is 0 Å². The van der Waals surface area contributed by atoms with Gasteiger partial charge < -0.3 is 10.2 Å². The van der Waals surface area contributed by atoms with Crippen LogP contribution in [0.4, 0.5) is 0 Å². The summed E-state index contributed by atoms with van der Waals surface area (Å²) >= 11 is 1.87. The van der Waals surface area contributed by atoms with Crippen molar-refractivity contribution in [1.29, 1.82) is 0 Å². The fourth-order valence-corrected chi connectivity index (χ4v) is 3.75. The summed E-state index contributed by atoms with van der Waals surface area (Å²) in [7, 11) is 2.28. The van der Waals surface area contributed by atoms with Crippen LogP contribution in [0.3, 0.4) is 0 Å². The van der Waals surface area contributed by atoms with E-state index >= 15 is 0 Å². The number of nitrogens with zero attached hydrogens (tertiary/aromatic N) is 1. The lowest BCUT2D eigenvalue weighted by atomic mass is 10.00. The van der Waals surface area contributed by atoms with Gasteiger partial charge in [0.1, 0.15) is 0 Å². The predicted molar refractivity (Wildman–Crippen MR) is 80.2 cm³/mol. The molecule has 1 aromatic heterocycles. The summed E-state index contributed by atoms with van der Waals surface area (Å²) in [4.78, 5) is 4.02. The molecule has 2 atom stereocenters. The molecule has 0 radical (unpaired) electrons. The Balaban J connectivity index is 1.73.